The number of carbonyl (C=O) groups excluding carboxylic acids is 6. The van der Waals surface area contributed by atoms with Gasteiger partial charge in [0.25, 0.3) is 11.8 Å². The van der Waals surface area contributed by atoms with E-state index in [-0.39, 0.29) is 29.6 Å². The zero-order valence-corrected chi connectivity index (χ0v) is 12.4. The van der Waals surface area contributed by atoms with E-state index >= 15 is 0 Å². The second kappa shape index (κ2) is 6.51. The number of hydrogen-bond acceptors (Lipinski definition) is 8. The van der Waals surface area contributed by atoms with Crippen LogP contribution in [0.2, 0.25) is 0 Å². The van der Waals surface area contributed by atoms with Crippen LogP contribution in [0.4, 0.5) is 9.59 Å². The van der Waals surface area contributed by atoms with Gasteiger partial charge < -0.3 is 10.6 Å². The van der Waals surface area contributed by atoms with E-state index in [0.717, 1.165) is 0 Å². The van der Waals surface area contributed by atoms with E-state index in [9.17, 15) is 28.8 Å². The number of imide groups is 4. The standard InChI is InChI=1S/C8H6N6O6.Na/c15-3-1(4(16)10-7(19)9-3)13-14-2-5(17)11-8(20)12-6(2)18;/h1-2H,(H4,9,10,11,12,15,16,17,18,19,20);/q;+1/p-1. The molecule has 104 valence electrons. The normalized spacial score (nSPS) is 23.1. The maximum atomic E-state index is 11.3. The molecule has 2 saturated heterocycles. The smallest absolute Gasteiger partial charge is 0.393 e. The molecule has 0 aromatic rings. The summed E-state index contributed by atoms with van der Waals surface area (Å²) in [5, 5.41) is 14.6. The summed E-state index contributed by atoms with van der Waals surface area (Å²) in [7, 11) is 0. The Morgan fingerprint density at radius 3 is 1.76 bits per heavy atom. The van der Waals surface area contributed by atoms with Gasteiger partial charge >= 0.3 is 35.6 Å². The summed E-state index contributed by atoms with van der Waals surface area (Å²) >= 11 is 0. The second-order valence-corrected chi connectivity index (χ2v) is 3.59. The first-order chi connectivity index (χ1) is 9.38. The summed E-state index contributed by atoms with van der Waals surface area (Å²) in [6.45, 7) is 0. The molecule has 0 bridgehead atoms. The van der Waals surface area contributed by atoms with Gasteiger partial charge in [-0.2, -0.15) is 10.2 Å². The number of azo groups is 1. The number of nitrogens with zero attached hydrogens (tertiary/aromatic N) is 3. The van der Waals surface area contributed by atoms with Crippen LogP contribution in [0, 0.1) is 0 Å². The Balaban J connectivity index is 0.00000220. The van der Waals surface area contributed by atoms with Gasteiger partial charge in [0.1, 0.15) is 0 Å². The molecule has 0 saturated carbocycles. The van der Waals surface area contributed by atoms with Crippen molar-refractivity contribution in [3.05, 3.63) is 5.32 Å². The third-order valence-electron chi connectivity index (χ3n) is 2.19. The number of rotatable bonds is 2. The molecule has 21 heavy (non-hydrogen) atoms. The molecule has 2 heterocycles. The van der Waals surface area contributed by atoms with Crippen molar-refractivity contribution in [3.8, 4) is 0 Å². The Morgan fingerprint density at radius 1 is 0.762 bits per heavy atom. The minimum atomic E-state index is -1.76. The van der Waals surface area contributed by atoms with Gasteiger partial charge in [0, 0.05) is 0 Å². The van der Waals surface area contributed by atoms with Gasteiger partial charge in [0.2, 0.25) is 6.04 Å². The first kappa shape index (κ1) is 16.9. The molecule has 1 atom stereocenters. The van der Waals surface area contributed by atoms with Crippen LogP contribution >= 0.6 is 0 Å². The van der Waals surface area contributed by atoms with Gasteiger partial charge in [-0.1, -0.05) is 0 Å². The van der Waals surface area contributed by atoms with Gasteiger partial charge in [-0.05, 0) is 0 Å². The average Bonchev–Trinajstić information content (AvgIpc) is 2.30. The maximum absolute atomic E-state index is 11.3. The molecule has 8 amide bonds. The summed E-state index contributed by atoms with van der Waals surface area (Å²) < 4.78 is 0. The average molecular weight is 304 g/mol. The van der Waals surface area contributed by atoms with E-state index < -0.39 is 47.8 Å². The number of amides is 8. The monoisotopic (exact) mass is 304 g/mol. The van der Waals surface area contributed by atoms with Crippen molar-refractivity contribution in [1.82, 2.24) is 16.0 Å². The first-order valence-electron chi connectivity index (χ1n) is 5.04. The Kier molecular flexibility index (Phi) is 5.23. The third kappa shape index (κ3) is 3.68. The molecule has 0 aromatic carbocycles. The molecule has 0 aromatic heterocycles. The Hall–Kier alpha value is -2.18. The molecule has 2 aliphatic rings. The van der Waals surface area contributed by atoms with Gasteiger partial charge in [0.05, 0.1) is 0 Å². The van der Waals surface area contributed by atoms with Crippen LogP contribution in [-0.2, 0) is 19.2 Å². The molecule has 3 N–H and O–H groups in total. The Bertz CT molecular complexity index is 498. The van der Waals surface area contributed by atoms with Crippen molar-refractivity contribution >= 4 is 35.7 Å². The van der Waals surface area contributed by atoms with E-state index in [0.29, 0.717) is 0 Å². The number of carbonyl (C=O) groups is 6. The van der Waals surface area contributed by atoms with Gasteiger partial charge in [-0.3, -0.25) is 34.6 Å². The zero-order chi connectivity index (χ0) is 14.9. The van der Waals surface area contributed by atoms with E-state index in [1.54, 1.807) is 16.0 Å². The molecular formula is C8H5N6NaO6. The van der Waals surface area contributed by atoms with Crippen LogP contribution in [-0.4, -0.2) is 47.8 Å². The van der Waals surface area contributed by atoms with Crippen LogP contribution in [0.1, 0.15) is 0 Å². The molecule has 2 aliphatic heterocycles. The molecule has 2 rings (SSSR count). The van der Waals surface area contributed by atoms with Gasteiger partial charge in [0.15, 0.2) is 23.9 Å². The van der Waals surface area contributed by atoms with Crippen molar-refractivity contribution < 1.29 is 58.3 Å². The fourth-order valence-corrected chi connectivity index (χ4v) is 1.33. The molecule has 2 fully saturated rings. The summed E-state index contributed by atoms with van der Waals surface area (Å²) in [5.41, 5.74) is 0. The second-order valence-electron chi connectivity index (χ2n) is 3.59. The van der Waals surface area contributed by atoms with Crippen molar-refractivity contribution in [2.45, 2.75) is 12.1 Å². The summed E-state index contributed by atoms with van der Waals surface area (Å²) in [6, 6.07) is -5.62. The Labute approximate surface area is 137 Å². The largest absolute Gasteiger partial charge is 1.00 e. The summed E-state index contributed by atoms with van der Waals surface area (Å²) in [5.74, 6) is -4.36. The molecule has 1 unspecified atom stereocenters. The minimum Gasteiger partial charge on any atom is -0.393 e. The van der Waals surface area contributed by atoms with E-state index in [4.69, 9.17) is 0 Å². The molecule has 0 spiro atoms. The SMILES string of the molecule is O=C1[N-]C(=O)C(N=NC2C(=O)NC(=O)NC2=O)C(=O)N1.[Na+]. The van der Waals surface area contributed by atoms with Crippen molar-refractivity contribution in [3.63, 3.8) is 0 Å². The summed E-state index contributed by atoms with van der Waals surface area (Å²) in [6.07, 6.45) is 0. The number of nitrogens with one attached hydrogen (secondary N) is 3. The van der Waals surface area contributed by atoms with Crippen LogP contribution in [0.25, 0.3) is 5.32 Å². The van der Waals surface area contributed by atoms with Crippen molar-refractivity contribution in [1.29, 1.82) is 0 Å². The third-order valence-corrected chi connectivity index (χ3v) is 2.19. The number of barbiturate groups is 2. The first-order valence-corrected chi connectivity index (χ1v) is 5.04. The minimum absolute atomic E-state index is 0. The van der Waals surface area contributed by atoms with E-state index in [1.165, 1.54) is 0 Å². The van der Waals surface area contributed by atoms with Gasteiger partial charge in [-0.25, -0.2) is 4.79 Å². The van der Waals surface area contributed by atoms with Crippen LogP contribution in [0.3, 0.4) is 0 Å². The molecular weight excluding hydrogens is 299 g/mol. The predicted molar refractivity (Wildman–Crippen MR) is 56.0 cm³/mol. The van der Waals surface area contributed by atoms with E-state index in [2.05, 4.69) is 15.5 Å². The molecule has 0 radical (unpaired) electrons. The number of urea groups is 2. The van der Waals surface area contributed by atoms with Crippen LogP contribution in [0.15, 0.2) is 10.2 Å². The zero-order valence-electron chi connectivity index (χ0n) is 10.4. The topological polar surface area (TPSA) is 177 Å². The fraction of sp³-hybridized carbons (Fsp3) is 0.250. The Morgan fingerprint density at radius 2 is 1.24 bits per heavy atom. The quantitative estimate of drug-likeness (QED) is 0.260. The van der Waals surface area contributed by atoms with Crippen molar-refractivity contribution in [2.75, 3.05) is 0 Å². The molecule has 12 nitrogen and oxygen atoms in total. The van der Waals surface area contributed by atoms with Crippen LogP contribution < -0.4 is 45.5 Å². The van der Waals surface area contributed by atoms with Crippen molar-refractivity contribution in [2.24, 2.45) is 10.2 Å². The molecule has 13 heteroatoms. The van der Waals surface area contributed by atoms with Gasteiger partial charge in [-0.15, -0.1) is 0 Å². The summed E-state index contributed by atoms with van der Waals surface area (Å²) in [4.78, 5) is 66.6. The molecule has 0 aliphatic carbocycles. The van der Waals surface area contributed by atoms with Crippen LogP contribution in [0.5, 0.6) is 0 Å². The number of hydrogen-bond donors (Lipinski definition) is 3. The predicted octanol–water partition coefficient (Wildman–Crippen LogP) is -5.30. The van der Waals surface area contributed by atoms with E-state index in [1.807, 2.05) is 0 Å². The fourth-order valence-electron chi connectivity index (χ4n) is 1.33. The maximum Gasteiger partial charge on any atom is 1.00 e.